The van der Waals surface area contributed by atoms with Crippen LogP contribution in [0.15, 0.2) is 72.8 Å². The Morgan fingerprint density at radius 3 is 2.16 bits per heavy atom. The zero-order valence-corrected chi connectivity index (χ0v) is 16.7. The van der Waals surface area contributed by atoms with Crippen LogP contribution < -0.4 is 20.7 Å². The Morgan fingerprint density at radius 2 is 1.45 bits per heavy atom. The van der Waals surface area contributed by atoms with Gasteiger partial charge in [-0.25, -0.2) is 4.79 Å². The van der Waals surface area contributed by atoms with Crippen molar-refractivity contribution in [3.63, 3.8) is 0 Å². The van der Waals surface area contributed by atoms with Crippen molar-refractivity contribution < 1.29 is 19.1 Å². The summed E-state index contributed by atoms with van der Waals surface area (Å²) in [6.07, 6.45) is 0. The van der Waals surface area contributed by atoms with Crippen LogP contribution in [0.3, 0.4) is 0 Å². The van der Waals surface area contributed by atoms with Crippen LogP contribution >= 0.6 is 0 Å². The number of urea groups is 1. The number of ether oxygens (including phenoxy) is 1. The summed E-state index contributed by atoms with van der Waals surface area (Å²) >= 11 is 0. The van der Waals surface area contributed by atoms with E-state index in [4.69, 9.17) is 4.74 Å². The summed E-state index contributed by atoms with van der Waals surface area (Å²) < 4.78 is 5.11. The monoisotopic (exact) mass is 416 g/mol. The van der Waals surface area contributed by atoms with Crippen molar-refractivity contribution in [1.82, 2.24) is 4.90 Å². The molecule has 0 saturated heterocycles. The predicted octanol–water partition coefficient (Wildman–Crippen LogP) is 4.00. The highest BCUT2D eigenvalue weighted by Gasteiger charge is 2.35. The topological polar surface area (TPSA) is 99.8 Å². The molecule has 156 valence electrons. The molecule has 8 heteroatoms. The number of hydrogen-bond acceptors (Lipinski definition) is 5. The first-order chi connectivity index (χ1) is 15.0. The lowest BCUT2D eigenvalue weighted by atomic mass is 10.1. The summed E-state index contributed by atoms with van der Waals surface area (Å²) in [5.41, 5.74) is 2.35. The summed E-state index contributed by atoms with van der Waals surface area (Å²) in [5.74, 6) is -0.1000. The summed E-state index contributed by atoms with van der Waals surface area (Å²) in [4.78, 5) is 38.7. The minimum Gasteiger partial charge on any atom is -0.497 e. The van der Waals surface area contributed by atoms with E-state index in [1.54, 1.807) is 55.6 Å². The van der Waals surface area contributed by atoms with Gasteiger partial charge < -0.3 is 20.7 Å². The third-order valence-corrected chi connectivity index (χ3v) is 4.79. The number of imide groups is 1. The Bertz CT molecular complexity index is 1130. The molecule has 1 heterocycles. The molecule has 3 N–H and O–H groups in total. The van der Waals surface area contributed by atoms with Crippen LogP contribution in [-0.2, 0) is 0 Å². The number of hydrogen-bond donors (Lipinski definition) is 3. The Balaban J connectivity index is 1.42. The fourth-order valence-corrected chi connectivity index (χ4v) is 3.21. The van der Waals surface area contributed by atoms with E-state index in [1.807, 2.05) is 18.2 Å². The number of nitrogens with zero attached hydrogens (tertiary/aromatic N) is 1. The largest absolute Gasteiger partial charge is 0.497 e. The van der Waals surface area contributed by atoms with E-state index in [0.717, 1.165) is 10.6 Å². The first kappa shape index (κ1) is 20.0. The fourth-order valence-electron chi connectivity index (χ4n) is 3.21. The third kappa shape index (κ3) is 4.32. The van der Waals surface area contributed by atoms with Crippen molar-refractivity contribution in [2.45, 2.75) is 0 Å². The van der Waals surface area contributed by atoms with Crippen molar-refractivity contribution in [2.24, 2.45) is 0 Å². The van der Waals surface area contributed by atoms with Crippen molar-refractivity contribution in [2.75, 3.05) is 29.7 Å². The molecule has 4 amide bonds. The molecule has 0 aromatic heterocycles. The van der Waals surface area contributed by atoms with Crippen LogP contribution in [0.2, 0.25) is 0 Å². The molecule has 1 aliphatic heterocycles. The number of benzene rings is 3. The Morgan fingerprint density at radius 1 is 0.806 bits per heavy atom. The lowest BCUT2D eigenvalue weighted by molar-refractivity contribution is 0.0665. The number of amides is 4. The minimum atomic E-state index is -0.444. The maximum Gasteiger partial charge on any atom is 0.323 e. The molecule has 0 saturated carbocycles. The van der Waals surface area contributed by atoms with Crippen molar-refractivity contribution >= 4 is 34.9 Å². The van der Waals surface area contributed by atoms with Gasteiger partial charge in [0.1, 0.15) is 5.75 Å². The zero-order valence-electron chi connectivity index (χ0n) is 16.7. The lowest BCUT2D eigenvalue weighted by Crippen LogP contribution is -2.34. The number of rotatable bonds is 6. The standard InChI is InChI=1S/C23H20N4O4/c1-31-18-10-7-15(8-11-18)24-14-27-21(28)19-12-9-17(13-20(19)22(27)29)26-23(30)25-16-5-3-2-4-6-16/h2-13,24H,14H2,1H3,(H2,25,26,30). The number of carbonyl (C=O) groups is 3. The van der Waals surface area contributed by atoms with Crippen LogP contribution in [0.4, 0.5) is 21.9 Å². The first-order valence-electron chi connectivity index (χ1n) is 9.56. The smallest absolute Gasteiger partial charge is 0.323 e. The highest BCUT2D eigenvalue weighted by Crippen LogP contribution is 2.26. The quantitative estimate of drug-likeness (QED) is 0.528. The molecule has 3 aromatic carbocycles. The molecule has 0 radical (unpaired) electrons. The summed E-state index contributed by atoms with van der Waals surface area (Å²) in [6.45, 7) is 0.0237. The number of carbonyl (C=O) groups excluding carboxylic acids is 3. The van der Waals surface area contributed by atoms with Gasteiger partial charge in [0.25, 0.3) is 11.8 Å². The SMILES string of the molecule is COc1ccc(NCN2C(=O)c3ccc(NC(=O)Nc4ccccc4)cc3C2=O)cc1. The zero-order chi connectivity index (χ0) is 21.8. The van der Waals surface area contributed by atoms with Crippen molar-refractivity contribution in [1.29, 1.82) is 0 Å². The normalized spacial score (nSPS) is 12.4. The lowest BCUT2D eigenvalue weighted by Gasteiger charge is -2.15. The molecule has 0 aliphatic carbocycles. The van der Waals surface area contributed by atoms with E-state index >= 15 is 0 Å². The molecular formula is C23H20N4O4. The number of anilines is 3. The van der Waals surface area contributed by atoms with Crippen molar-refractivity contribution in [3.05, 3.63) is 83.9 Å². The summed E-state index contributed by atoms with van der Waals surface area (Å²) in [7, 11) is 1.58. The second-order valence-electron chi connectivity index (χ2n) is 6.81. The number of fused-ring (bicyclic) bond motifs is 1. The van der Waals surface area contributed by atoms with Crippen LogP contribution in [0.5, 0.6) is 5.75 Å². The van der Waals surface area contributed by atoms with Crippen LogP contribution in [0, 0.1) is 0 Å². The summed E-state index contributed by atoms with van der Waals surface area (Å²) in [5, 5.41) is 8.44. The van der Waals surface area contributed by atoms with Gasteiger partial charge in [0.15, 0.2) is 0 Å². The molecule has 0 spiro atoms. The van der Waals surface area contributed by atoms with Crippen LogP contribution in [0.1, 0.15) is 20.7 Å². The van der Waals surface area contributed by atoms with E-state index in [1.165, 1.54) is 6.07 Å². The number of para-hydroxylation sites is 1. The molecule has 0 fully saturated rings. The van der Waals surface area contributed by atoms with Gasteiger partial charge in [-0.1, -0.05) is 18.2 Å². The molecule has 8 nitrogen and oxygen atoms in total. The maximum atomic E-state index is 12.8. The number of methoxy groups -OCH3 is 1. The second-order valence-corrected chi connectivity index (χ2v) is 6.81. The third-order valence-electron chi connectivity index (χ3n) is 4.79. The van der Waals surface area contributed by atoms with Gasteiger partial charge in [-0.2, -0.15) is 0 Å². The molecule has 0 bridgehead atoms. The van der Waals surface area contributed by atoms with Gasteiger partial charge in [0.2, 0.25) is 0 Å². The molecule has 0 unspecified atom stereocenters. The Kier molecular flexibility index (Phi) is 5.53. The van der Waals surface area contributed by atoms with Gasteiger partial charge in [0.05, 0.1) is 24.9 Å². The number of nitrogens with one attached hydrogen (secondary N) is 3. The summed E-state index contributed by atoms with van der Waals surface area (Å²) in [6, 6.07) is 20.3. The van der Waals surface area contributed by atoms with Gasteiger partial charge in [-0.15, -0.1) is 0 Å². The average molecular weight is 416 g/mol. The molecule has 31 heavy (non-hydrogen) atoms. The van der Waals surface area contributed by atoms with E-state index in [9.17, 15) is 14.4 Å². The first-order valence-corrected chi connectivity index (χ1v) is 9.56. The van der Waals surface area contributed by atoms with E-state index < -0.39 is 11.9 Å². The van der Waals surface area contributed by atoms with Gasteiger partial charge in [-0.05, 0) is 54.6 Å². The van der Waals surface area contributed by atoms with Crippen LogP contribution in [-0.4, -0.2) is 36.5 Å². The van der Waals surface area contributed by atoms with Gasteiger partial charge >= 0.3 is 6.03 Å². The van der Waals surface area contributed by atoms with Gasteiger partial charge in [0, 0.05) is 17.1 Å². The van der Waals surface area contributed by atoms with E-state index in [0.29, 0.717) is 22.7 Å². The van der Waals surface area contributed by atoms with Crippen molar-refractivity contribution in [3.8, 4) is 5.75 Å². The molecule has 0 atom stereocenters. The molecule has 4 rings (SSSR count). The highest BCUT2D eigenvalue weighted by atomic mass is 16.5. The highest BCUT2D eigenvalue weighted by molar-refractivity contribution is 6.22. The maximum absolute atomic E-state index is 12.8. The fraction of sp³-hybridized carbons (Fsp3) is 0.0870. The van der Waals surface area contributed by atoms with E-state index in [-0.39, 0.29) is 18.1 Å². The minimum absolute atomic E-state index is 0.0237. The van der Waals surface area contributed by atoms with Gasteiger partial charge in [-0.3, -0.25) is 14.5 Å². The Hall–Kier alpha value is -4.33. The predicted molar refractivity (Wildman–Crippen MR) is 118 cm³/mol. The second kappa shape index (κ2) is 8.58. The van der Waals surface area contributed by atoms with Crippen LogP contribution in [0.25, 0.3) is 0 Å². The molecular weight excluding hydrogens is 396 g/mol. The Labute approximate surface area is 178 Å². The average Bonchev–Trinajstić information content (AvgIpc) is 3.02. The molecule has 1 aliphatic rings. The van der Waals surface area contributed by atoms with E-state index in [2.05, 4.69) is 16.0 Å². The molecule has 3 aromatic rings.